The molecule has 0 fully saturated rings. The van der Waals surface area contributed by atoms with Crippen LogP contribution in [0.15, 0.2) is 0 Å². The Bertz CT molecular complexity index is 27.3. The maximum absolute atomic E-state index is 9.24. The fourth-order valence-electron chi connectivity index (χ4n) is 0.0527. The molecule has 0 bridgehead atoms. The van der Waals surface area contributed by atoms with Crippen LogP contribution in [0.5, 0.6) is 0 Å². The Morgan fingerprint density at radius 2 is 2.00 bits per heavy atom. The van der Waals surface area contributed by atoms with Crippen LogP contribution in [0.25, 0.3) is 0 Å². The first-order valence-corrected chi connectivity index (χ1v) is 2.46. The highest BCUT2D eigenvalue weighted by atomic mass is 16.3. The molecular formula is C5H12O2. The van der Waals surface area contributed by atoms with Crippen molar-refractivity contribution >= 4 is 6.29 Å². The maximum Gasteiger partial charge on any atom is 0.122 e. The van der Waals surface area contributed by atoms with Crippen molar-refractivity contribution in [1.29, 1.82) is 0 Å². The molecule has 0 amide bonds. The summed E-state index contributed by atoms with van der Waals surface area (Å²) in [5.74, 6) is 0. The Labute approximate surface area is 44.2 Å². The molecule has 44 valence electrons. The summed E-state index contributed by atoms with van der Waals surface area (Å²) in [4.78, 5) is 9.24. The minimum Gasteiger partial charge on any atom is -0.396 e. The summed E-state index contributed by atoms with van der Waals surface area (Å²) in [6.07, 6.45) is 0.944. The molecule has 0 unspecified atom stereocenters. The van der Waals surface area contributed by atoms with Gasteiger partial charge < -0.3 is 9.90 Å². The molecule has 2 heteroatoms. The average molecular weight is 104 g/mol. The van der Waals surface area contributed by atoms with Crippen molar-refractivity contribution in [3.63, 3.8) is 0 Å². The quantitative estimate of drug-likeness (QED) is 0.521. The minimum atomic E-state index is -0.0243. The normalized spacial score (nSPS) is 6.14. The lowest BCUT2D eigenvalue weighted by molar-refractivity contribution is -0.108. The van der Waals surface area contributed by atoms with Crippen LogP contribution in [-0.2, 0) is 4.79 Å². The van der Waals surface area contributed by atoms with Crippen LogP contribution in [-0.4, -0.2) is 18.0 Å². The number of carbonyl (C=O) groups is 1. The van der Waals surface area contributed by atoms with Crippen molar-refractivity contribution < 1.29 is 9.90 Å². The highest BCUT2D eigenvalue weighted by Gasteiger charge is 1.67. The minimum absolute atomic E-state index is 0.0243. The summed E-state index contributed by atoms with van der Waals surface area (Å²) in [6.45, 7) is 3.98. The Balaban J connectivity index is 0. The van der Waals surface area contributed by atoms with E-state index < -0.39 is 0 Å². The topological polar surface area (TPSA) is 37.3 Å². The molecule has 0 saturated heterocycles. The van der Waals surface area contributed by atoms with Gasteiger partial charge in [0.15, 0.2) is 0 Å². The van der Waals surface area contributed by atoms with E-state index in [1.54, 1.807) is 0 Å². The van der Waals surface area contributed by atoms with Crippen molar-refractivity contribution in [2.24, 2.45) is 0 Å². The van der Waals surface area contributed by atoms with Gasteiger partial charge in [0.05, 0.1) is 0 Å². The maximum atomic E-state index is 9.24. The highest BCUT2D eigenvalue weighted by molar-refractivity contribution is 5.49. The van der Waals surface area contributed by atoms with Crippen LogP contribution in [0.4, 0.5) is 0 Å². The van der Waals surface area contributed by atoms with Crippen molar-refractivity contribution in [2.75, 3.05) is 6.61 Å². The molecule has 0 spiro atoms. The lowest BCUT2D eigenvalue weighted by Crippen LogP contribution is -1.78. The Kier molecular flexibility index (Phi) is 24.4. The molecule has 0 rings (SSSR count). The van der Waals surface area contributed by atoms with Gasteiger partial charge in [0, 0.05) is 13.0 Å². The molecule has 2 nitrogen and oxygen atoms in total. The molecule has 0 aromatic heterocycles. The van der Waals surface area contributed by atoms with Gasteiger partial charge in [0.1, 0.15) is 6.29 Å². The second kappa shape index (κ2) is 17.4. The molecule has 0 saturated carbocycles. The molecular weight excluding hydrogens is 92.1 g/mol. The summed E-state index contributed by atoms with van der Waals surface area (Å²) in [5, 5.41) is 7.84. The van der Waals surface area contributed by atoms with Gasteiger partial charge in [-0.05, 0) is 0 Å². The molecule has 0 aliphatic carbocycles. The predicted octanol–water partition coefficient (Wildman–Crippen LogP) is 0.594. The van der Waals surface area contributed by atoms with Gasteiger partial charge in [-0.15, -0.1) is 0 Å². The van der Waals surface area contributed by atoms with Crippen molar-refractivity contribution in [3.8, 4) is 0 Å². The molecule has 0 aromatic rings. The average Bonchev–Trinajstić information content (AvgIpc) is 1.75. The van der Waals surface area contributed by atoms with E-state index in [9.17, 15) is 4.79 Å². The van der Waals surface area contributed by atoms with Crippen LogP contribution < -0.4 is 0 Å². The fraction of sp³-hybridized carbons (Fsp3) is 0.800. The Hall–Kier alpha value is -0.370. The largest absolute Gasteiger partial charge is 0.396 e. The number of carbonyl (C=O) groups excluding carboxylic acids is 1. The van der Waals surface area contributed by atoms with Crippen molar-refractivity contribution in [3.05, 3.63) is 0 Å². The summed E-state index contributed by atoms with van der Waals surface area (Å²) in [6, 6.07) is 0. The first kappa shape index (κ1) is 9.80. The molecule has 0 aliphatic heterocycles. The van der Waals surface area contributed by atoms with Crippen molar-refractivity contribution in [2.45, 2.75) is 20.3 Å². The first-order valence-electron chi connectivity index (χ1n) is 2.46. The number of rotatable bonds is 2. The molecule has 0 radical (unpaired) electrons. The van der Waals surface area contributed by atoms with Gasteiger partial charge in [-0.25, -0.2) is 0 Å². The predicted molar refractivity (Wildman–Crippen MR) is 29.1 cm³/mol. The smallest absolute Gasteiger partial charge is 0.122 e. The second-order valence-corrected chi connectivity index (χ2v) is 0.679. The van der Waals surface area contributed by atoms with Gasteiger partial charge >= 0.3 is 0 Å². The van der Waals surface area contributed by atoms with Gasteiger partial charge in [0.2, 0.25) is 0 Å². The molecule has 1 N–H and O–H groups in total. The third kappa shape index (κ3) is 27.9. The van der Waals surface area contributed by atoms with E-state index in [-0.39, 0.29) is 13.0 Å². The third-order valence-corrected chi connectivity index (χ3v) is 0.247. The fourth-order valence-corrected chi connectivity index (χ4v) is 0.0527. The number of hydrogen-bond donors (Lipinski definition) is 1. The van der Waals surface area contributed by atoms with E-state index in [1.807, 2.05) is 13.8 Å². The third-order valence-electron chi connectivity index (χ3n) is 0.247. The van der Waals surface area contributed by atoms with Crippen LogP contribution >= 0.6 is 0 Å². The van der Waals surface area contributed by atoms with E-state index in [0.29, 0.717) is 6.29 Å². The molecule has 0 atom stereocenters. The molecule has 7 heavy (non-hydrogen) atoms. The number of hydrogen-bond acceptors (Lipinski definition) is 2. The Morgan fingerprint density at radius 3 is 2.00 bits per heavy atom. The standard InChI is InChI=1S/C3H6O2.C2H6/c4-2-1-3-5;1-2/h2,5H,1,3H2;1-2H3. The van der Waals surface area contributed by atoms with Gasteiger partial charge in [-0.2, -0.15) is 0 Å². The summed E-state index contributed by atoms with van der Waals surface area (Å²) in [7, 11) is 0. The highest BCUT2D eigenvalue weighted by Crippen LogP contribution is 1.58. The SMILES string of the molecule is CC.O=CCCO. The lowest BCUT2D eigenvalue weighted by atomic mass is 10.5. The zero-order chi connectivity index (χ0) is 6.12. The van der Waals surface area contributed by atoms with Crippen LogP contribution in [0.3, 0.4) is 0 Å². The van der Waals surface area contributed by atoms with E-state index >= 15 is 0 Å². The van der Waals surface area contributed by atoms with E-state index in [2.05, 4.69) is 0 Å². The van der Waals surface area contributed by atoms with E-state index in [4.69, 9.17) is 5.11 Å². The number of aldehydes is 1. The summed E-state index contributed by atoms with van der Waals surface area (Å²) >= 11 is 0. The van der Waals surface area contributed by atoms with Crippen LogP contribution in [0.2, 0.25) is 0 Å². The van der Waals surface area contributed by atoms with Crippen LogP contribution in [0, 0.1) is 0 Å². The van der Waals surface area contributed by atoms with E-state index in [1.165, 1.54) is 0 Å². The van der Waals surface area contributed by atoms with E-state index in [0.717, 1.165) is 0 Å². The zero-order valence-electron chi connectivity index (χ0n) is 4.85. The van der Waals surface area contributed by atoms with Crippen molar-refractivity contribution in [1.82, 2.24) is 0 Å². The zero-order valence-corrected chi connectivity index (χ0v) is 4.85. The first-order chi connectivity index (χ1) is 3.41. The van der Waals surface area contributed by atoms with Crippen LogP contribution in [0.1, 0.15) is 20.3 Å². The molecule has 0 heterocycles. The van der Waals surface area contributed by atoms with Gasteiger partial charge in [-0.3, -0.25) is 0 Å². The number of aliphatic hydroxyl groups excluding tert-OH is 1. The van der Waals surface area contributed by atoms with Gasteiger partial charge in [-0.1, -0.05) is 13.8 Å². The molecule has 0 aromatic carbocycles. The summed E-state index contributed by atoms with van der Waals surface area (Å²) in [5.41, 5.74) is 0. The number of aliphatic hydroxyl groups is 1. The monoisotopic (exact) mass is 104 g/mol. The molecule has 0 aliphatic rings. The summed E-state index contributed by atoms with van der Waals surface area (Å²) < 4.78 is 0. The lowest BCUT2D eigenvalue weighted by Gasteiger charge is -1.69. The Morgan fingerprint density at radius 1 is 1.57 bits per heavy atom. The second-order valence-electron chi connectivity index (χ2n) is 0.679. The van der Waals surface area contributed by atoms with Gasteiger partial charge in [0.25, 0.3) is 0 Å².